The number of carbonyl (C=O) groups excluding carboxylic acids is 5. The van der Waals surface area contributed by atoms with Crippen LogP contribution in [0.5, 0.6) is 0 Å². The molecule has 25 heteroatoms. The summed E-state index contributed by atoms with van der Waals surface area (Å²) in [4.78, 5) is 51.4. The molecule has 0 amide bonds. The molecular formula is C11H14Fe2N2Na4O15S2. The van der Waals surface area contributed by atoms with Crippen LogP contribution >= 0.6 is 12.3 Å². The number of hydrogen-bond acceptors (Lipinski definition) is 18. The summed E-state index contributed by atoms with van der Waals surface area (Å²) in [6.07, 6.45) is 0. The zero-order valence-corrected chi connectivity index (χ0v) is 31.3. The molecule has 0 saturated carbocycles. The van der Waals surface area contributed by atoms with Crippen molar-refractivity contribution in [1.82, 2.24) is 9.80 Å². The normalized spacial score (nSPS) is 8.17. The zero-order chi connectivity index (χ0) is 24.9. The van der Waals surface area contributed by atoms with Crippen LogP contribution in [0.15, 0.2) is 0 Å². The first-order chi connectivity index (χ1) is 13.6. The van der Waals surface area contributed by atoms with Crippen molar-refractivity contribution in [2.24, 2.45) is 0 Å². The van der Waals surface area contributed by atoms with E-state index in [-0.39, 0.29) is 165 Å². The van der Waals surface area contributed by atoms with Gasteiger partial charge >= 0.3 is 152 Å². The molecule has 0 aromatic heterocycles. The third-order valence-electron chi connectivity index (χ3n) is 2.14. The Balaban J connectivity index is -0.0000000457. The third-order valence-corrected chi connectivity index (χ3v) is 2.14. The van der Waals surface area contributed by atoms with Gasteiger partial charge in [-0.15, -0.1) is 0 Å². The molecule has 0 aromatic carbocycles. The predicted octanol–water partition coefficient (Wildman–Crippen LogP) is -20.9. The van der Waals surface area contributed by atoms with Gasteiger partial charge < -0.3 is 74.9 Å². The van der Waals surface area contributed by atoms with Crippen LogP contribution in [0.3, 0.4) is 0 Å². The second kappa shape index (κ2) is 44.7. The average Bonchev–Trinajstić information content (AvgIpc) is 2.51. The van der Waals surface area contributed by atoms with Crippen LogP contribution in [0.2, 0.25) is 0 Å². The number of carbonyl (C=O) groups is 5. The fourth-order valence-electron chi connectivity index (χ4n) is 1.44. The van der Waals surface area contributed by atoms with Crippen LogP contribution in [-0.2, 0) is 68.5 Å². The molecular weight excluding hydrogens is 668 g/mol. The summed E-state index contributed by atoms with van der Waals surface area (Å²) in [6.45, 7) is -1.25. The average molecular weight is 682 g/mol. The number of hydrogen-bond donors (Lipinski definition) is 0. The van der Waals surface area contributed by atoms with E-state index in [0.717, 1.165) is 9.80 Å². The minimum absolute atomic E-state index is 0. The molecule has 0 heterocycles. The molecule has 0 radical (unpaired) electrons. The predicted molar refractivity (Wildman–Crippen MR) is 79.6 cm³/mol. The first kappa shape index (κ1) is 66.7. The van der Waals surface area contributed by atoms with Gasteiger partial charge in [0.15, 0.2) is 0 Å². The fourth-order valence-corrected chi connectivity index (χ4v) is 1.44. The Hall–Kier alpha value is 2.65. The minimum Gasteiger partial charge on any atom is -0.811 e. The summed E-state index contributed by atoms with van der Waals surface area (Å²) in [5.74, 6) is -6.12. The Bertz CT molecular complexity index is 565. The summed E-state index contributed by atoms with van der Waals surface area (Å²) in [6, 6.07) is 0. The first-order valence-corrected chi connectivity index (χ1v) is 8.73. The van der Waals surface area contributed by atoms with Gasteiger partial charge in [-0.1, -0.05) is 0 Å². The van der Waals surface area contributed by atoms with E-state index >= 15 is 0 Å². The van der Waals surface area contributed by atoms with Crippen molar-refractivity contribution in [3.05, 3.63) is 0 Å². The number of aliphatic carboxylic acids is 4. The van der Waals surface area contributed by atoms with Crippen molar-refractivity contribution >= 4 is 53.4 Å². The maximum Gasteiger partial charge on any atom is 2.00 e. The van der Waals surface area contributed by atoms with Gasteiger partial charge in [0.1, 0.15) is 6.79 Å². The van der Waals surface area contributed by atoms with Crippen molar-refractivity contribution in [2.45, 2.75) is 0 Å². The number of rotatable bonds is 11. The van der Waals surface area contributed by atoms with E-state index < -0.39 is 72.8 Å². The van der Waals surface area contributed by atoms with E-state index in [0.29, 0.717) is 0 Å². The van der Waals surface area contributed by atoms with Gasteiger partial charge in [-0.3, -0.25) is 18.2 Å². The van der Waals surface area contributed by atoms with Crippen molar-refractivity contribution in [1.29, 1.82) is 0 Å². The standard InChI is InChI=1S/C10H16N2O8.CH2O.2Fe.4Na.H2O4S.H2O2S/c13-7(14)3-11(4-8(15)16)1-2-12(5-9(17)18)6-10(19)20;1-2;;;;;;;1-5(2,3)4;1-3-2/h1-6H2,(H,13,14)(H,15,16)(H,17,18)(H,19,20);1H2;;;;;;;(H2,1,2,3,4);1-2H/q;;2*+2;4*+1;;/p-8. The van der Waals surface area contributed by atoms with Crippen LogP contribution < -0.4 is 139 Å². The SMILES string of the molecule is C=O.O=C([O-])CN(CCN(CC(=O)[O-])CC(=O)[O-])CC(=O)[O-].O=S(=O)([O-])[O-].[Fe+2].[Fe+2].[Na+].[Na+].[Na+].[Na+].[O-]S[O-]. The molecule has 17 nitrogen and oxygen atoms in total. The van der Waals surface area contributed by atoms with E-state index in [1.807, 2.05) is 6.79 Å². The van der Waals surface area contributed by atoms with Gasteiger partial charge in [0.2, 0.25) is 0 Å². The zero-order valence-electron chi connectivity index (χ0n) is 19.5. The van der Waals surface area contributed by atoms with E-state index in [1.54, 1.807) is 0 Å². The Kier molecular flexibility index (Phi) is 82.8. The Morgan fingerprint density at radius 3 is 0.806 bits per heavy atom. The maximum atomic E-state index is 10.4. The maximum absolute atomic E-state index is 10.4. The van der Waals surface area contributed by atoms with Gasteiger partial charge in [-0.05, 0) is 0 Å². The fraction of sp³-hybridized carbons (Fsp3) is 0.545. The van der Waals surface area contributed by atoms with Gasteiger partial charge in [0.05, 0.1) is 23.9 Å². The third kappa shape index (κ3) is 83.3. The molecule has 0 aliphatic heterocycles. The summed E-state index contributed by atoms with van der Waals surface area (Å²) in [7, 11) is -5.17. The van der Waals surface area contributed by atoms with Crippen LogP contribution in [0.1, 0.15) is 0 Å². The molecule has 0 fully saturated rings. The molecule has 0 aromatic rings. The Morgan fingerprint density at radius 2 is 0.722 bits per heavy atom. The smallest absolute Gasteiger partial charge is 0.811 e. The number of carboxylic acids is 4. The van der Waals surface area contributed by atoms with E-state index in [2.05, 4.69) is 0 Å². The molecule has 0 aliphatic rings. The summed E-state index contributed by atoms with van der Waals surface area (Å²) >= 11 is -0.750. The van der Waals surface area contributed by atoms with E-state index in [9.17, 15) is 39.6 Å². The molecule has 0 atom stereocenters. The van der Waals surface area contributed by atoms with Crippen molar-refractivity contribution in [2.75, 3.05) is 39.3 Å². The molecule has 0 bridgehead atoms. The van der Waals surface area contributed by atoms with Crippen molar-refractivity contribution in [3.63, 3.8) is 0 Å². The summed E-state index contributed by atoms with van der Waals surface area (Å²) in [5, 5.41) is 41.6. The van der Waals surface area contributed by atoms with Gasteiger partial charge in [0, 0.05) is 49.7 Å². The van der Waals surface area contributed by atoms with Crippen LogP contribution in [0, 0.1) is 0 Å². The molecule has 0 unspecified atom stereocenters. The molecule has 0 N–H and O–H groups in total. The largest absolute Gasteiger partial charge is 2.00 e. The van der Waals surface area contributed by atoms with Gasteiger partial charge in [-0.25, -0.2) is 0 Å². The monoisotopic (exact) mass is 682 g/mol. The summed E-state index contributed by atoms with van der Waals surface area (Å²) < 4.78 is 50.7. The number of carboxylic acid groups (broad SMARTS) is 4. The van der Waals surface area contributed by atoms with E-state index in [4.69, 9.17) is 31.4 Å². The second-order valence-electron chi connectivity index (χ2n) is 4.39. The number of nitrogens with zero attached hydrogens (tertiary/aromatic N) is 2. The van der Waals surface area contributed by atoms with Crippen LogP contribution in [-0.4, -0.2) is 106 Å². The van der Waals surface area contributed by atoms with Crippen molar-refractivity contribution in [3.8, 4) is 0 Å². The first-order valence-electron chi connectivity index (χ1n) is 6.73. The van der Waals surface area contributed by atoms with Crippen LogP contribution in [0.25, 0.3) is 0 Å². The summed E-state index contributed by atoms with van der Waals surface area (Å²) in [5.41, 5.74) is 0. The van der Waals surface area contributed by atoms with Crippen molar-refractivity contribution < 1.29 is 223 Å². The molecule has 36 heavy (non-hydrogen) atoms. The molecule has 190 valence electrons. The minimum atomic E-state index is -5.17. The molecule has 0 aliphatic carbocycles. The molecule has 0 rings (SSSR count). The topological polar surface area (TPSA) is 310 Å². The van der Waals surface area contributed by atoms with Gasteiger partial charge in [0.25, 0.3) is 0 Å². The second-order valence-corrected chi connectivity index (χ2v) is 5.34. The van der Waals surface area contributed by atoms with Gasteiger partial charge in [-0.2, -0.15) is 0 Å². The van der Waals surface area contributed by atoms with E-state index in [1.165, 1.54) is 0 Å². The molecule has 0 saturated heterocycles. The Labute approximate surface area is 321 Å². The molecule has 0 spiro atoms. The van der Waals surface area contributed by atoms with Crippen LogP contribution in [0.4, 0.5) is 0 Å². The quantitative estimate of drug-likeness (QED) is 0.0845. The Morgan fingerprint density at radius 1 is 0.611 bits per heavy atom.